The summed E-state index contributed by atoms with van der Waals surface area (Å²) in [6.07, 6.45) is 1.98. The molecule has 264 valence electrons. The normalized spacial score (nSPS) is 11.1. The van der Waals surface area contributed by atoms with Crippen molar-refractivity contribution >= 4 is 45.3 Å². The Hall–Kier alpha value is -4.96. The molecular formula is C36H41N5O8S. The van der Waals surface area contributed by atoms with Crippen molar-refractivity contribution < 1.29 is 38.0 Å². The molecule has 0 unspecified atom stereocenters. The Bertz CT molecular complexity index is 1660. The minimum absolute atomic E-state index is 0.0604. The quantitative estimate of drug-likeness (QED) is 0.0371. The molecule has 0 bridgehead atoms. The molecule has 0 saturated heterocycles. The lowest BCUT2D eigenvalue weighted by atomic mass is 10.1. The van der Waals surface area contributed by atoms with Crippen LogP contribution in [0, 0.1) is 31.8 Å². The van der Waals surface area contributed by atoms with Gasteiger partial charge in [-0.1, -0.05) is 30.3 Å². The maximum atomic E-state index is 11.4. The molecule has 2 aromatic carbocycles. The number of esters is 2. The van der Waals surface area contributed by atoms with Crippen LogP contribution in [0.25, 0.3) is 4.85 Å². The SMILES string of the molecule is [C-]#[N+]c1c(N=Nc2ccc(N(CCOCCOCCOCCOCCOC(=O)/C=C\C(=O)OC)Cc3ccccc3)cc2C)sc(C#N)c1C. The van der Waals surface area contributed by atoms with E-state index in [2.05, 4.69) is 49.0 Å². The monoisotopic (exact) mass is 703 g/mol. The molecule has 0 aliphatic carbocycles. The molecule has 0 saturated carbocycles. The highest BCUT2D eigenvalue weighted by Gasteiger charge is 2.15. The van der Waals surface area contributed by atoms with Crippen molar-refractivity contribution in [2.45, 2.75) is 20.4 Å². The molecule has 3 rings (SSSR count). The first kappa shape index (κ1) is 39.5. The van der Waals surface area contributed by atoms with Crippen LogP contribution in [-0.2, 0) is 44.6 Å². The molecule has 14 heteroatoms. The molecule has 0 aliphatic rings. The zero-order valence-corrected chi connectivity index (χ0v) is 29.3. The van der Waals surface area contributed by atoms with Crippen LogP contribution >= 0.6 is 11.3 Å². The maximum absolute atomic E-state index is 11.4. The number of anilines is 1. The van der Waals surface area contributed by atoms with Crippen molar-refractivity contribution in [3.05, 3.63) is 93.7 Å². The van der Waals surface area contributed by atoms with Crippen molar-refractivity contribution in [3.8, 4) is 6.07 Å². The molecule has 13 nitrogen and oxygen atoms in total. The van der Waals surface area contributed by atoms with Gasteiger partial charge in [0.1, 0.15) is 17.7 Å². The predicted molar refractivity (Wildman–Crippen MR) is 188 cm³/mol. The van der Waals surface area contributed by atoms with E-state index in [9.17, 15) is 14.9 Å². The Morgan fingerprint density at radius 3 is 2.10 bits per heavy atom. The molecule has 0 atom stereocenters. The third-order valence-electron chi connectivity index (χ3n) is 6.97. The number of ether oxygens (including phenoxy) is 6. The highest BCUT2D eigenvalue weighted by Crippen LogP contribution is 2.42. The predicted octanol–water partition coefficient (Wildman–Crippen LogP) is 6.55. The summed E-state index contributed by atoms with van der Waals surface area (Å²) in [5, 5.41) is 18.5. The lowest BCUT2D eigenvalue weighted by molar-refractivity contribution is -0.140. The number of rotatable bonds is 22. The number of thiophene rings is 1. The van der Waals surface area contributed by atoms with E-state index in [0.717, 1.165) is 23.4 Å². The van der Waals surface area contributed by atoms with E-state index in [4.69, 9.17) is 30.3 Å². The smallest absolute Gasteiger partial charge is 0.331 e. The zero-order valence-electron chi connectivity index (χ0n) is 28.5. The van der Waals surface area contributed by atoms with Gasteiger partial charge in [0.2, 0.25) is 5.69 Å². The number of nitrogens with zero attached hydrogens (tertiary/aromatic N) is 5. The minimum Gasteiger partial charge on any atom is -0.466 e. The van der Waals surface area contributed by atoms with Crippen LogP contribution in [0.1, 0.15) is 21.6 Å². The van der Waals surface area contributed by atoms with E-state index in [-0.39, 0.29) is 13.2 Å². The summed E-state index contributed by atoms with van der Waals surface area (Å²) in [5.74, 6) is -1.28. The molecule has 1 heterocycles. The molecule has 0 amide bonds. The molecule has 0 aliphatic heterocycles. The van der Waals surface area contributed by atoms with Crippen LogP contribution < -0.4 is 4.90 Å². The lowest BCUT2D eigenvalue weighted by Crippen LogP contribution is -2.27. The molecule has 3 aromatic rings. The fourth-order valence-corrected chi connectivity index (χ4v) is 5.20. The summed E-state index contributed by atoms with van der Waals surface area (Å²) in [6.45, 7) is 15.7. The highest BCUT2D eigenvalue weighted by atomic mass is 32.1. The van der Waals surface area contributed by atoms with Gasteiger partial charge in [0, 0.05) is 30.9 Å². The first-order valence-electron chi connectivity index (χ1n) is 15.8. The standard InChI is InChI=1S/C36H41N5O8S/c1-27-24-30(10-11-31(27)39-40-36-35(38-3)28(2)32(25-37)50-36)41(26-29-8-6-5-7-9-29)14-15-45-16-17-46-18-19-47-20-21-48-22-23-49-34(43)13-12-33(42)44-4/h5-13,24H,14-23,26H2,1-2,4H3/b13-12-,40-39?. The lowest BCUT2D eigenvalue weighted by Gasteiger charge is -2.25. The van der Waals surface area contributed by atoms with E-state index in [1.165, 1.54) is 24.0 Å². The average molecular weight is 704 g/mol. The van der Waals surface area contributed by atoms with E-state index in [1.807, 2.05) is 37.3 Å². The Labute approximate surface area is 296 Å². The van der Waals surface area contributed by atoms with Gasteiger partial charge in [0.15, 0.2) is 0 Å². The van der Waals surface area contributed by atoms with E-state index >= 15 is 0 Å². The molecule has 1 aromatic heterocycles. The first-order valence-corrected chi connectivity index (χ1v) is 16.6. The molecule has 0 spiro atoms. The number of carbonyl (C=O) groups excluding carboxylic acids is 2. The van der Waals surface area contributed by atoms with Crippen molar-refractivity contribution in [3.63, 3.8) is 0 Å². The summed E-state index contributed by atoms with van der Waals surface area (Å²) < 4.78 is 31.6. The zero-order chi connectivity index (χ0) is 36.0. The second kappa shape index (κ2) is 22.6. The summed E-state index contributed by atoms with van der Waals surface area (Å²) in [6, 6.07) is 18.3. The summed E-state index contributed by atoms with van der Waals surface area (Å²) >= 11 is 1.17. The van der Waals surface area contributed by atoms with E-state index in [1.54, 1.807) is 6.92 Å². The number of hydrogen-bond donors (Lipinski definition) is 0. The second-order valence-corrected chi connectivity index (χ2v) is 11.5. The van der Waals surface area contributed by atoms with Crippen LogP contribution in [0.3, 0.4) is 0 Å². The Morgan fingerprint density at radius 1 is 0.880 bits per heavy atom. The largest absolute Gasteiger partial charge is 0.466 e. The van der Waals surface area contributed by atoms with Gasteiger partial charge >= 0.3 is 11.9 Å². The van der Waals surface area contributed by atoms with Crippen molar-refractivity contribution in [2.75, 3.05) is 78.0 Å². The second-order valence-electron chi connectivity index (χ2n) is 10.5. The topological polar surface area (TPSA) is 146 Å². The third kappa shape index (κ3) is 13.9. The van der Waals surface area contributed by atoms with E-state index in [0.29, 0.717) is 86.2 Å². The highest BCUT2D eigenvalue weighted by molar-refractivity contribution is 7.17. The van der Waals surface area contributed by atoms with Crippen molar-refractivity contribution in [2.24, 2.45) is 10.2 Å². The molecule has 0 radical (unpaired) electrons. The minimum atomic E-state index is -0.651. The molecular weight excluding hydrogens is 662 g/mol. The van der Waals surface area contributed by atoms with Gasteiger partial charge in [0.05, 0.1) is 77.1 Å². The Balaban J connectivity index is 1.36. The van der Waals surface area contributed by atoms with Crippen LogP contribution in [0.15, 0.2) is 70.9 Å². The number of carbonyl (C=O) groups is 2. The van der Waals surface area contributed by atoms with Gasteiger partial charge < -0.3 is 33.3 Å². The van der Waals surface area contributed by atoms with Crippen LogP contribution in [-0.4, -0.2) is 85.1 Å². The van der Waals surface area contributed by atoms with Gasteiger partial charge in [-0.05, 0) is 48.7 Å². The number of aryl methyl sites for hydroxylation is 1. The fraction of sp³-hybridized carbons (Fsp3) is 0.389. The third-order valence-corrected chi connectivity index (χ3v) is 8.04. The number of azo groups is 1. The van der Waals surface area contributed by atoms with Crippen LogP contribution in [0.5, 0.6) is 0 Å². The van der Waals surface area contributed by atoms with Crippen molar-refractivity contribution in [1.82, 2.24) is 0 Å². The van der Waals surface area contributed by atoms with Gasteiger partial charge in [-0.3, -0.25) is 0 Å². The number of benzene rings is 2. The van der Waals surface area contributed by atoms with Crippen LogP contribution in [0.4, 0.5) is 22.1 Å². The van der Waals surface area contributed by atoms with Crippen LogP contribution in [0.2, 0.25) is 0 Å². The number of hydrogen-bond acceptors (Lipinski definition) is 13. The Kier molecular flexibility index (Phi) is 17.9. The van der Waals surface area contributed by atoms with Gasteiger partial charge in [-0.25, -0.2) is 14.4 Å². The molecule has 50 heavy (non-hydrogen) atoms. The molecule has 0 N–H and O–H groups in total. The fourth-order valence-electron chi connectivity index (χ4n) is 4.34. The van der Waals surface area contributed by atoms with E-state index < -0.39 is 11.9 Å². The van der Waals surface area contributed by atoms with Gasteiger partial charge in [-0.15, -0.1) is 11.3 Å². The summed E-state index contributed by atoms with van der Waals surface area (Å²) in [7, 11) is 1.22. The Morgan fingerprint density at radius 2 is 1.50 bits per heavy atom. The molecule has 0 fully saturated rings. The van der Waals surface area contributed by atoms with Crippen molar-refractivity contribution in [1.29, 1.82) is 5.26 Å². The number of methoxy groups -OCH3 is 1. The van der Waals surface area contributed by atoms with Gasteiger partial charge in [-0.2, -0.15) is 15.5 Å². The average Bonchev–Trinajstić information content (AvgIpc) is 3.45. The first-order chi connectivity index (χ1) is 24.4. The maximum Gasteiger partial charge on any atom is 0.331 e. The summed E-state index contributed by atoms with van der Waals surface area (Å²) in [4.78, 5) is 28.6. The summed E-state index contributed by atoms with van der Waals surface area (Å²) in [5.41, 5.74) is 4.80. The van der Waals surface area contributed by atoms with Gasteiger partial charge in [0.25, 0.3) is 0 Å². The number of nitriles is 1.